The van der Waals surface area contributed by atoms with Crippen LogP contribution in [0.15, 0.2) is 67.1 Å². The lowest BCUT2D eigenvalue weighted by Crippen LogP contribution is -2.15. The van der Waals surface area contributed by atoms with E-state index in [0.29, 0.717) is 35.4 Å². The number of nitrogens with zero attached hydrogens (tertiary/aromatic N) is 3. The van der Waals surface area contributed by atoms with Crippen molar-refractivity contribution in [3.05, 3.63) is 83.9 Å². The number of anilines is 1. The highest BCUT2D eigenvalue weighted by molar-refractivity contribution is 6.06. The average molecular weight is 414 g/mol. The monoisotopic (exact) mass is 414 g/mol. The van der Waals surface area contributed by atoms with Gasteiger partial charge in [0.2, 0.25) is 5.88 Å². The van der Waals surface area contributed by atoms with Gasteiger partial charge in [-0.05, 0) is 30.5 Å². The highest BCUT2D eigenvalue weighted by Gasteiger charge is 2.27. The molecule has 0 atom stereocenters. The minimum atomic E-state index is -0.307. The Morgan fingerprint density at radius 2 is 2.00 bits per heavy atom. The van der Waals surface area contributed by atoms with Gasteiger partial charge in [0, 0.05) is 30.6 Å². The van der Waals surface area contributed by atoms with E-state index in [2.05, 4.69) is 10.3 Å². The van der Waals surface area contributed by atoms with Gasteiger partial charge in [-0.1, -0.05) is 30.3 Å². The van der Waals surface area contributed by atoms with Crippen LogP contribution in [0, 0.1) is 0 Å². The molecule has 0 unspecified atom stereocenters. The molecule has 3 aromatic heterocycles. The molecule has 31 heavy (non-hydrogen) atoms. The number of rotatable bonds is 7. The fourth-order valence-corrected chi connectivity index (χ4v) is 3.47. The second kappa shape index (κ2) is 8.10. The van der Waals surface area contributed by atoms with E-state index in [1.165, 1.54) is 7.11 Å². The number of aromatic nitrogens is 3. The van der Waals surface area contributed by atoms with E-state index in [1.807, 2.05) is 47.0 Å². The van der Waals surface area contributed by atoms with Crippen molar-refractivity contribution in [2.24, 2.45) is 0 Å². The van der Waals surface area contributed by atoms with Gasteiger partial charge in [0.05, 0.1) is 18.4 Å². The third kappa shape index (κ3) is 4.07. The molecule has 1 saturated carbocycles. The summed E-state index contributed by atoms with van der Waals surface area (Å²) in [7, 11) is 1.52. The number of hydrogen-bond donors (Lipinski definition) is 1. The summed E-state index contributed by atoms with van der Waals surface area (Å²) in [5.74, 6) is 1.04. The summed E-state index contributed by atoms with van der Waals surface area (Å²) in [6.07, 6.45) is 7.70. The van der Waals surface area contributed by atoms with E-state index >= 15 is 0 Å². The van der Waals surface area contributed by atoms with Crippen LogP contribution in [0.5, 0.6) is 11.6 Å². The van der Waals surface area contributed by atoms with Crippen molar-refractivity contribution >= 4 is 17.2 Å². The summed E-state index contributed by atoms with van der Waals surface area (Å²) < 4.78 is 13.2. The van der Waals surface area contributed by atoms with E-state index < -0.39 is 0 Å². The van der Waals surface area contributed by atoms with Crippen LogP contribution in [0.25, 0.3) is 5.65 Å². The number of hydrogen-bond acceptors (Lipinski definition) is 5. The van der Waals surface area contributed by atoms with Crippen LogP contribution in [-0.4, -0.2) is 27.4 Å². The SMILES string of the molecule is COc1ncccc1NC(=O)c1cn2cc(C3CC3)nc2cc1OCc1ccccc1. The molecule has 0 bridgehead atoms. The quantitative estimate of drug-likeness (QED) is 0.484. The van der Waals surface area contributed by atoms with Crippen molar-refractivity contribution in [3.63, 3.8) is 0 Å². The number of amides is 1. The first kappa shape index (κ1) is 19.1. The minimum absolute atomic E-state index is 0.307. The zero-order valence-corrected chi connectivity index (χ0v) is 17.1. The van der Waals surface area contributed by atoms with Gasteiger partial charge >= 0.3 is 0 Å². The summed E-state index contributed by atoms with van der Waals surface area (Å²) in [6.45, 7) is 0.351. The molecule has 7 nitrogen and oxygen atoms in total. The molecule has 1 amide bonds. The zero-order valence-electron chi connectivity index (χ0n) is 17.1. The smallest absolute Gasteiger partial charge is 0.261 e. The number of ether oxygens (including phenoxy) is 2. The number of imidazole rings is 1. The van der Waals surface area contributed by atoms with Gasteiger partial charge < -0.3 is 19.2 Å². The molecular formula is C24H22N4O3. The Labute approximate surface area is 179 Å². The zero-order chi connectivity index (χ0) is 21.2. The molecule has 3 heterocycles. The number of methoxy groups -OCH3 is 1. The molecule has 0 aliphatic heterocycles. The Morgan fingerprint density at radius 3 is 2.77 bits per heavy atom. The number of benzene rings is 1. The third-order valence-electron chi connectivity index (χ3n) is 5.26. The second-order valence-electron chi connectivity index (χ2n) is 7.55. The largest absolute Gasteiger partial charge is 0.488 e. The van der Waals surface area contributed by atoms with E-state index in [4.69, 9.17) is 14.5 Å². The lowest BCUT2D eigenvalue weighted by atomic mass is 10.2. The fraction of sp³-hybridized carbons (Fsp3) is 0.208. The van der Waals surface area contributed by atoms with Crippen molar-refractivity contribution in [2.45, 2.75) is 25.4 Å². The summed E-state index contributed by atoms with van der Waals surface area (Å²) in [5, 5.41) is 2.88. The van der Waals surface area contributed by atoms with Crippen molar-refractivity contribution in [1.29, 1.82) is 0 Å². The maximum atomic E-state index is 13.2. The van der Waals surface area contributed by atoms with Gasteiger partial charge in [-0.3, -0.25) is 4.79 Å². The van der Waals surface area contributed by atoms with Gasteiger partial charge in [0.15, 0.2) is 0 Å². The molecule has 1 N–H and O–H groups in total. The number of fused-ring (bicyclic) bond motifs is 1. The van der Waals surface area contributed by atoms with Crippen molar-refractivity contribution < 1.29 is 14.3 Å². The van der Waals surface area contributed by atoms with Gasteiger partial charge in [-0.2, -0.15) is 0 Å². The summed E-state index contributed by atoms with van der Waals surface area (Å²) in [4.78, 5) is 22.1. The molecule has 1 aromatic carbocycles. The average Bonchev–Trinajstić information content (AvgIpc) is 3.57. The highest BCUT2D eigenvalue weighted by atomic mass is 16.5. The first-order valence-corrected chi connectivity index (χ1v) is 10.2. The topological polar surface area (TPSA) is 77.8 Å². The van der Waals surface area contributed by atoms with Crippen LogP contribution >= 0.6 is 0 Å². The minimum Gasteiger partial charge on any atom is -0.488 e. The molecule has 7 heteroatoms. The Hall–Kier alpha value is -3.87. The van der Waals surface area contributed by atoms with Gasteiger partial charge in [0.25, 0.3) is 5.91 Å². The van der Waals surface area contributed by atoms with Crippen LogP contribution in [0.3, 0.4) is 0 Å². The molecule has 0 radical (unpaired) electrons. The molecule has 0 saturated heterocycles. The normalized spacial score (nSPS) is 13.2. The Morgan fingerprint density at radius 1 is 1.16 bits per heavy atom. The molecule has 1 aliphatic rings. The maximum Gasteiger partial charge on any atom is 0.261 e. The lowest BCUT2D eigenvalue weighted by Gasteiger charge is -2.13. The molecule has 4 aromatic rings. The third-order valence-corrected chi connectivity index (χ3v) is 5.26. The standard InChI is InChI=1S/C24H22N4O3/c1-30-24-19(8-5-11-25-24)27-23(29)18-13-28-14-20(17-9-10-17)26-22(28)12-21(18)31-15-16-6-3-2-4-7-16/h2-8,11-14,17H,9-10,15H2,1H3,(H,27,29). The number of nitrogens with one attached hydrogen (secondary N) is 1. The predicted octanol–water partition coefficient (Wildman–Crippen LogP) is 4.45. The van der Waals surface area contributed by atoms with Gasteiger partial charge in [-0.15, -0.1) is 0 Å². The van der Waals surface area contributed by atoms with E-state index in [1.54, 1.807) is 24.5 Å². The van der Waals surface area contributed by atoms with Crippen molar-refractivity contribution in [1.82, 2.24) is 14.4 Å². The molecule has 5 rings (SSSR count). The van der Waals surface area contributed by atoms with E-state index in [0.717, 1.165) is 29.7 Å². The molecule has 1 aliphatic carbocycles. The Kier molecular flexibility index (Phi) is 5.00. The molecule has 0 spiro atoms. The fourth-order valence-electron chi connectivity index (χ4n) is 3.47. The Bertz CT molecular complexity index is 1230. The Balaban J connectivity index is 1.49. The number of pyridine rings is 2. The van der Waals surface area contributed by atoms with Crippen LogP contribution in [0.2, 0.25) is 0 Å². The van der Waals surface area contributed by atoms with Crippen LogP contribution in [0.4, 0.5) is 5.69 Å². The predicted molar refractivity (Wildman–Crippen MR) is 117 cm³/mol. The van der Waals surface area contributed by atoms with Crippen LogP contribution in [-0.2, 0) is 6.61 Å². The van der Waals surface area contributed by atoms with Crippen LogP contribution in [0.1, 0.15) is 40.4 Å². The van der Waals surface area contributed by atoms with Gasteiger partial charge in [-0.25, -0.2) is 9.97 Å². The van der Waals surface area contributed by atoms with Gasteiger partial charge in [0.1, 0.15) is 23.7 Å². The van der Waals surface area contributed by atoms with Crippen molar-refractivity contribution in [3.8, 4) is 11.6 Å². The first-order chi connectivity index (χ1) is 15.2. The summed E-state index contributed by atoms with van der Waals surface area (Å²) >= 11 is 0. The summed E-state index contributed by atoms with van der Waals surface area (Å²) in [6, 6.07) is 15.2. The molecule has 156 valence electrons. The number of carbonyl (C=O) groups is 1. The first-order valence-electron chi connectivity index (χ1n) is 10.2. The number of carbonyl (C=O) groups excluding carboxylic acids is 1. The maximum absolute atomic E-state index is 13.2. The lowest BCUT2D eigenvalue weighted by molar-refractivity contribution is 0.102. The molecular weight excluding hydrogens is 392 g/mol. The van der Waals surface area contributed by atoms with E-state index in [-0.39, 0.29) is 5.91 Å². The molecule has 1 fully saturated rings. The highest BCUT2D eigenvalue weighted by Crippen LogP contribution is 2.39. The van der Waals surface area contributed by atoms with E-state index in [9.17, 15) is 4.79 Å². The van der Waals surface area contributed by atoms with Crippen molar-refractivity contribution in [2.75, 3.05) is 12.4 Å². The summed E-state index contributed by atoms with van der Waals surface area (Å²) in [5.41, 5.74) is 3.74. The second-order valence-corrected chi connectivity index (χ2v) is 7.55. The van der Waals surface area contributed by atoms with Crippen LogP contribution < -0.4 is 14.8 Å².